The molecule has 2 aromatic carbocycles. The van der Waals surface area contributed by atoms with Crippen LogP contribution in [0.1, 0.15) is 5.56 Å². The topological polar surface area (TPSA) is 52.4 Å². The molecule has 1 aliphatic rings. The second-order valence-corrected chi connectivity index (χ2v) is 4.83. The second-order valence-electron chi connectivity index (χ2n) is 4.83. The average Bonchev–Trinajstić information content (AvgIpc) is 2.57. The van der Waals surface area contributed by atoms with Crippen LogP contribution in [0.4, 0.5) is 11.4 Å². The van der Waals surface area contributed by atoms with Crippen molar-refractivity contribution in [3.63, 3.8) is 0 Å². The molecule has 0 amide bonds. The molecule has 0 N–H and O–H groups in total. The third-order valence-electron chi connectivity index (χ3n) is 3.22. The van der Waals surface area contributed by atoms with Crippen LogP contribution in [-0.2, 0) is 0 Å². The van der Waals surface area contributed by atoms with Gasteiger partial charge < -0.3 is 14.2 Å². The first-order valence-electron chi connectivity index (χ1n) is 6.97. The molecule has 0 bridgehead atoms. The molecule has 22 heavy (non-hydrogen) atoms. The van der Waals surface area contributed by atoms with Crippen molar-refractivity contribution >= 4 is 17.4 Å². The van der Waals surface area contributed by atoms with E-state index in [1.807, 2.05) is 37.3 Å². The maximum Gasteiger partial charge on any atom is 0.146 e. The van der Waals surface area contributed by atoms with Crippen molar-refractivity contribution in [2.45, 2.75) is 6.92 Å². The number of hydrogen-bond acceptors (Lipinski definition) is 5. The molecule has 1 heterocycles. The highest BCUT2D eigenvalue weighted by molar-refractivity contribution is 5.66. The zero-order chi connectivity index (χ0) is 15.4. The van der Waals surface area contributed by atoms with Crippen molar-refractivity contribution in [3.05, 3.63) is 42.0 Å². The van der Waals surface area contributed by atoms with Gasteiger partial charge in [-0.15, -0.1) is 0 Å². The molecule has 5 nitrogen and oxygen atoms in total. The number of aryl methyl sites for hydroxylation is 1. The van der Waals surface area contributed by atoms with Gasteiger partial charge in [0.1, 0.15) is 47.8 Å². The Morgan fingerprint density at radius 3 is 2.27 bits per heavy atom. The lowest BCUT2D eigenvalue weighted by Gasteiger charge is -2.11. The minimum absolute atomic E-state index is 0.419. The lowest BCUT2D eigenvalue weighted by Crippen LogP contribution is -2.09. The number of methoxy groups -OCH3 is 1. The van der Waals surface area contributed by atoms with Crippen molar-refractivity contribution in [2.75, 3.05) is 20.3 Å². The fourth-order valence-corrected chi connectivity index (χ4v) is 2.11. The van der Waals surface area contributed by atoms with Gasteiger partial charge in [0.2, 0.25) is 0 Å². The maximum atomic E-state index is 5.71. The van der Waals surface area contributed by atoms with E-state index in [0.29, 0.717) is 41.8 Å². The summed E-state index contributed by atoms with van der Waals surface area (Å²) in [5.41, 5.74) is 2.43. The van der Waals surface area contributed by atoms with Crippen molar-refractivity contribution in [1.29, 1.82) is 0 Å². The first kappa shape index (κ1) is 14.2. The number of hydrogen-bond donors (Lipinski definition) is 0. The summed E-state index contributed by atoms with van der Waals surface area (Å²) in [7, 11) is 1.61. The molecule has 0 aliphatic carbocycles. The molecule has 112 valence electrons. The van der Waals surface area contributed by atoms with Crippen LogP contribution in [0.2, 0.25) is 0 Å². The Balaban J connectivity index is 2.04. The van der Waals surface area contributed by atoms with Gasteiger partial charge in [-0.25, -0.2) is 0 Å². The SMILES string of the molecule is COc1ccc2c(c1)N=C=Nc1cc(C)ccc1OCCO2. The molecule has 0 atom stereocenters. The predicted octanol–water partition coefficient (Wildman–Crippen LogP) is 3.91. The van der Waals surface area contributed by atoms with E-state index >= 15 is 0 Å². The highest BCUT2D eigenvalue weighted by atomic mass is 16.5. The number of benzene rings is 2. The van der Waals surface area contributed by atoms with Crippen molar-refractivity contribution < 1.29 is 14.2 Å². The molecular formula is C17H16N2O3. The van der Waals surface area contributed by atoms with Crippen LogP contribution in [0, 0.1) is 6.92 Å². The molecule has 3 rings (SSSR count). The van der Waals surface area contributed by atoms with Crippen molar-refractivity contribution in [3.8, 4) is 17.2 Å². The third-order valence-corrected chi connectivity index (χ3v) is 3.22. The van der Waals surface area contributed by atoms with Crippen LogP contribution in [0.25, 0.3) is 0 Å². The van der Waals surface area contributed by atoms with Gasteiger partial charge in [0.05, 0.1) is 7.11 Å². The average molecular weight is 296 g/mol. The van der Waals surface area contributed by atoms with Crippen molar-refractivity contribution in [1.82, 2.24) is 0 Å². The molecule has 0 radical (unpaired) electrons. The largest absolute Gasteiger partial charge is 0.497 e. The molecule has 5 heteroatoms. The van der Waals surface area contributed by atoms with Crippen LogP contribution in [0.3, 0.4) is 0 Å². The Hall–Kier alpha value is -2.78. The summed E-state index contributed by atoms with van der Waals surface area (Å²) in [6.45, 7) is 2.85. The Kier molecular flexibility index (Phi) is 4.08. The van der Waals surface area contributed by atoms with Crippen LogP contribution in [0.15, 0.2) is 46.4 Å². The van der Waals surface area contributed by atoms with E-state index in [0.717, 1.165) is 5.56 Å². The monoisotopic (exact) mass is 296 g/mol. The summed E-state index contributed by atoms with van der Waals surface area (Å²) in [6, 6.07) is 13.9. The molecular weight excluding hydrogens is 280 g/mol. The smallest absolute Gasteiger partial charge is 0.146 e. The van der Waals surface area contributed by atoms with E-state index in [1.54, 1.807) is 13.2 Å². The molecule has 2 aromatic rings. The molecule has 0 saturated heterocycles. The maximum absolute atomic E-state index is 5.71. The van der Waals surface area contributed by atoms with E-state index in [9.17, 15) is 0 Å². The van der Waals surface area contributed by atoms with Gasteiger partial charge in [-0.05, 0) is 36.8 Å². The number of rotatable bonds is 1. The normalized spacial score (nSPS) is 13.2. The lowest BCUT2D eigenvalue weighted by atomic mass is 10.2. The quantitative estimate of drug-likeness (QED) is 0.801. The fourth-order valence-electron chi connectivity index (χ4n) is 2.11. The van der Waals surface area contributed by atoms with E-state index in [1.165, 1.54) is 0 Å². The van der Waals surface area contributed by atoms with E-state index in [4.69, 9.17) is 14.2 Å². The molecule has 1 aliphatic heterocycles. The zero-order valence-electron chi connectivity index (χ0n) is 12.5. The first-order chi connectivity index (χ1) is 10.8. The van der Waals surface area contributed by atoms with Gasteiger partial charge in [-0.2, -0.15) is 9.98 Å². The highest BCUT2D eigenvalue weighted by Gasteiger charge is 2.08. The summed E-state index contributed by atoms with van der Waals surface area (Å²) in [6.07, 6.45) is 0. The van der Waals surface area contributed by atoms with Gasteiger partial charge in [0.25, 0.3) is 0 Å². The second kappa shape index (κ2) is 6.33. The summed E-state index contributed by atoms with van der Waals surface area (Å²) in [5, 5.41) is 0. The highest BCUT2D eigenvalue weighted by Crippen LogP contribution is 2.33. The van der Waals surface area contributed by atoms with Crippen LogP contribution in [0.5, 0.6) is 17.2 Å². The fraction of sp³-hybridized carbons (Fsp3) is 0.235. The molecule has 0 saturated carbocycles. The predicted molar refractivity (Wildman–Crippen MR) is 84.3 cm³/mol. The number of nitrogens with zero attached hydrogens (tertiary/aromatic N) is 2. The van der Waals surface area contributed by atoms with Gasteiger partial charge in [-0.3, -0.25) is 0 Å². The van der Waals surface area contributed by atoms with Gasteiger partial charge in [0.15, 0.2) is 0 Å². The summed E-state index contributed by atoms with van der Waals surface area (Å²) in [5.74, 6) is 2.05. The van der Waals surface area contributed by atoms with Crippen molar-refractivity contribution in [2.24, 2.45) is 9.98 Å². The third kappa shape index (κ3) is 3.10. The Morgan fingerprint density at radius 2 is 1.59 bits per heavy atom. The summed E-state index contributed by atoms with van der Waals surface area (Å²) < 4.78 is 16.6. The Morgan fingerprint density at radius 1 is 0.955 bits per heavy atom. The van der Waals surface area contributed by atoms with E-state index < -0.39 is 0 Å². The molecule has 0 unspecified atom stereocenters. The molecule has 0 aromatic heterocycles. The number of aliphatic imine (C=N–C) groups is 2. The van der Waals surface area contributed by atoms with Crippen LogP contribution >= 0.6 is 0 Å². The number of ether oxygens (including phenoxy) is 3. The minimum atomic E-state index is 0.419. The molecule has 0 fully saturated rings. The summed E-state index contributed by atoms with van der Waals surface area (Å²) >= 11 is 0. The Bertz CT molecular complexity index is 750. The van der Waals surface area contributed by atoms with Gasteiger partial charge in [0, 0.05) is 6.07 Å². The van der Waals surface area contributed by atoms with E-state index in [-0.39, 0.29) is 0 Å². The van der Waals surface area contributed by atoms with Gasteiger partial charge in [-0.1, -0.05) is 6.07 Å². The molecule has 0 spiro atoms. The van der Waals surface area contributed by atoms with E-state index in [2.05, 4.69) is 16.0 Å². The van der Waals surface area contributed by atoms with Crippen LogP contribution < -0.4 is 14.2 Å². The Labute approximate surface area is 128 Å². The summed E-state index contributed by atoms with van der Waals surface area (Å²) in [4.78, 5) is 8.52. The minimum Gasteiger partial charge on any atom is -0.497 e. The number of fused-ring (bicyclic) bond motifs is 2. The standard InChI is InChI=1S/C17H16N2O3/c1-12-3-5-16-14(9-12)18-11-19-15-10-13(20-2)4-6-17(15)22-8-7-21-16/h3-6,9-10H,7-8H2,1-2H3. The van der Waals surface area contributed by atoms with Crippen LogP contribution in [-0.4, -0.2) is 26.3 Å². The zero-order valence-corrected chi connectivity index (χ0v) is 12.5. The lowest BCUT2D eigenvalue weighted by molar-refractivity contribution is 0.218. The first-order valence-corrected chi connectivity index (χ1v) is 6.97. The van der Waals surface area contributed by atoms with Gasteiger partial charge >= 0.3 is 0 Å².